The van der Waals surface area contributed by atoms with Crippen LogP contribution in [0.5, 0.6) is 0 Å². The van der Waals surface area contributed by atoms with Crippen molar-refractivity contribution in [2.45, 2.75) is 51.8 Å². The summed E-state index contributed by atoms with van der Waals surface area (Å²) in [5.41, 5.74) is 1.09. The summed E-state index contributed by atoms with van der Waals surface area (Å²) in [5, 5.41) is 16.9. The van der Waals surface area contributed by atoms with E-state index in [1.807, 2.05) is 43.5 Å². The minimum Gasteiger partial charge on any atom is -0.390 e. The Bertz CT molecular complexity index is 613. The van der Waals surface area contributed by atoms with Crippen LogP contribution in [-0.2, 0) is 13.0 Å². The minimum atomic E-state index is -0.669. The number of amides is 1. The summed E-state index contributed by atoms with van der Waals surface area (Å²) in [7, 11) is 0. The van der Waals surface area contributed by atoms with Crippen LogP contribution in [0.25, 0.3) is 0 Å². The molecule has 23 heavy (non-hydrogen) atoms. The third-order valence-corrected chi connectivity index (χ3v) is 3.64. The van der Waals surface area contributed by atoms with Gasteiger partial charge < -0.3 is 10.4 Å². The number of aliphatic hydroxyl groups is 1. The van der Waals surface area contributed by atoms with Crippen LogP contribution in [0, 0.1) is 0 Å². The summed E-state index contributed by atoms with van der Waals surface area (Å²) in [6.07, 6.45) is 5.08. The van der Waals surface area contributed by atoms with Gasteiger partial charge in [0.15, 0.2) is 0 Å². The van der Waals surface area contributed by atoms with Crippen LogP contribution in [0.3, 0.4) is 0 Å². The molecule has 1 atom stereocenters. The molecule has 0 spiro atoms. The molecule has 2 aromatic rings. The largest absolute Gasteiger partial charge is 0.390 e. The molecule has 0 aliphatic heterocycles. The Hall–Kier alpha value is -2.14. The van der Waals surface area contributed by atoms with Crippen molar-refractivity contribution in [3.63, 3.8) is 0 Å². The predicted molar refractivity (Wildman–Crippen MR) is 90.2 cm³/mol. The summed E-state index contributed by atoms with van der Waals surface area (Å²) in [6, 6.07) is 9.40. The molecule has 0 aliphatic rings. The molecule has 0 saturated heterocycles. The van der Waals surface area contributed by atoms with Gasteiger partial charge in [-0.25, -0.2) is 0 Å². The Kier molecular flexibility index (Phi) is 5.55. The molecule has 1 aromatic heterocycles. The molecule has 124 valence electrons. The van der Waals surface area contributed by atoms with E-state index in [0.29, 0.717) is 18.5 Å². The topological polar surface area (TPSA) is 67.2 Å². The summed E-state index contributed by atoms with van der Waals surface area (Å²) < 4.78 is 1.80. The summed E-state index contributed by atoms with van der Waals surface area (Å²) in [4.78, 5) is 12.2. The second kappa shape index (κ2) is 7.42. The van der Waals surface area contributed by atoms with Crippen molar-refractivity contribution in [1.29, 1.82) is 0 Å². The van der Waals surface area contributed by atoms with Crippen LogP contribution in [0.2, 0.25) is 0 Å². The van der Waals surface area contributed by atoms with Gasteiger partial charge >= 0.3 is 0 Å². The maximum absolute atomic E-state index is 12.2. The number of aromatic nitrogens is 2. The van der Waals surface area contributed by atoms with E-state index in [-0.39, 0.29) is 11.9 Å². The standard InChI is InChI=1S/C18H25N3O2/c1-14(13-21-12-4-11-19-21)20-17(22)16-7-5-15(6-8-16)9-10-18(2,3)23/h4-8,11-12,14,23H,9-10,13H2,1-3H3,(H,20,22)/t14-/m1/s1. The molecule has 2 N–H and O–H groups in total. The van der Waals surface area contributed by atoms with Crippen molar-refractivity contribution in [3.8, 4) is 0 Å². The van der Waals surface area contributed by atoms with Crippen LogP contribution >= 0.6 is 0 Å². The Balaban J connectivity index is 1.87. The van der Waals surface area contributed by atoms with Crippen LogP contribution in [0.15, 0.2) is 42.7 Å². The van der Waals surface area contributed by atoms with Crippen LogP contribution in [-0.4, -0.2) is 32.4 Å². The lowest BCUT2D eigenvalue weighted by Crippen LogP contribution is -2.35. The average Bonchev–Trinajstić information content (AvgIpc) is 2.97. The molecule has 0 radical (unpaired) electrons. The lowest BCUT2D eigenvalue weighted by molar-refractivity contribution is 0.0713. The first-order valence-corrected chi connectivity index (χ1v) is 7.93. The number of nitrogens with one attached hydrogen (secondary N) is 1. The van der Waals surface area contributed by atoms with E-state index in [4.69, 9.17) is 0 Å². The molecule has 5 nitrogen and oxygen atoms in total. The number of hydrogen-bond acceptors (Lipinski definition) is 3. The van der Waals surface area contributed by atoms with Crippen molar-refractivity contribution >= 4 is 5.91 Å². The van der Waals surface area contributed by atoms with E-state index in [0.717, 1.165) is 12.0 Å². The van der Waals surface area contributed by atoms with Crippen molar-refractivity contribution in [2.24, 2.45) is 0 Å². The highest BCUT2D eigenvalue weighted by molar-refractivity contribution is 5.94. The normalized spacial score (nSPS) is 12.9. The zero-order valence-electron chi connectivity index (χ0n) is 14.0. The molecular weight excluding hydrogens is 290 g/mol. The molecular formula is C18H25N3O2. The Morgan fingerprint density at radius 2 is 2.04 bits per heavy atom. The summed E-state index contributed by atoms with van der Waals surface area (Å²) in [6.45, 7) is 6.20. The van der Waals surface area contributed by atoms with E-state index in [2.05, 4.69) is 10.4 Å². The first kappa shape index (κ1) is 17.2. The molecule has 5 heteroatoms. The summed E-state index contributed by atoms with van der Waals surface area (Å²) >= 11 is 0. The quantitative estimate of drug-likeness (QED) is 0.824. The first-order chi connectivity index (χ1) is 10.8. The van der Waals surface area contributed by atoms with Gasteiger partial charge in [-0.1, -0.05) is 12.1 Å². The molecule has 0 fully saturated rings. The number of rotatable bonds is 7. The predicted octanol–water partition coefficient (Wildman–Crippen LogP) is 2.41. The fourth-order valence-electron chi connectivity index (χ4n) is 2.31. The molecule has 1 aromatic carbocycles. The Labute approximate surface area is 137 Å². The van der Waals surface area contributed by atoms with Gasteiger partial charge in [0.2, 0.25) is 0 Å². The summed E-state index contributed by atoms with van der Waals surface area (Å²) in [5.74, 6) is -0.0845. The Morgan fingerprint density at radius 3 is 2.61 bits per heavy atom. The van der Waals surface area contributed by atoms with Crippen molar-refractivity contribution in [1.82, 2.24) is 15.1 Å². The second-order valence-corrected chi connectivity index (χ2v) is 6.61. The average molecular weight is 315 g/mol. The zero-order chi connectivity index (χ0) is 16.9. The Morgan fingerprint density at radius 1 is 1.35 bits per heavy atom. The molecule has 0 saturated carbocycles. The molecule has 0 bridgehead atoms. The number of nitrogens with zero attached hydrogens (tertiary/aromatic N) is 2. The highest BCUT2D eigenvalue weighted by atomic mass is 16.3. The minimum absolute atomic E-state index is 0.00253. The molecule has 0 unspecified atom stereocenters. The fraction of sp³-hybridized carbons (Fsp3) is 0.444. The van der Waals surface area contributed by atoms with E-state index >= 15 is 0 Å². The maximum Gasteiger partial charge on any atom is 0.251 e. The van der Waals surface area contributed by atoms with Crippen molar-refractivity contribution in [3.05, 3.63) is 53.9 Å². The van der Waals surface area contributed by atoms with Gasteiger partial charge in [0.1, 0.15) is 0 Å². The van der Waals surface area contributed by atoms with Gasteiger partial charge in [-0.2, -0.15) is 5.10 Å². The van der Waals surface area contributed by atoms with Gasteiger partial charge in [-0.05, 0) is 57.4 Å². The van der Waals surface area contributed by atoms with Crippen molar-refractivity contribution in [2.75, 3.05) is 0 Å². The highest BCUT2D eigenvalue weighted by Crippen LogP contribution is 2.14. The molecule has 1 heterocycles. The second-order valence-electron chi connectivity index (χ2n) is 6.61. The van der Waals surface area contributed by atoms with Crippen LogP contribution < -0.4 is 5.32 Å². The molecule has 2 rings (SSSR count). The number of benzene rings is 1. The lowest BCUT2D eigenvalue weighted by atomic mass is 9.98. The van der Waals surface area contributed by atoms with E-state index in [9.17, 15) is 9.90 Å². The van der Waals surface area contributed by atoms with Gasteiger partial charge in [0.25, 0.3) is 5.91 Å². The smallest absolute Gasteiger partial charge is 0.251 e. The number of hydrogen-bond donors (Lipinski definition) is 2. The fourth-order valence-corrected chi connectivity index (χ4v) is 2.31. The third-order valence-electron chi connectivity index (χ3n) is 3.64. The van der Waals surface area contributed by atoms with Gasteiger partial charge in [-0.15, -0.1) is 0 Å². The highest BCUT2D eigenvalue weighted by Gasteiger charge is 2.13. The number of carbonyl (C=O) groups excluding carboxylic acids is 1. The third kappa shape index (κ3) is 5.87. The number of carbonyl (C=O) groups is 1. The monoisotopic (exact) mass is 315 g/mol. The van der Waals surface area contributed by atoms with Crippen LogP contribution in [0.4, 0.5) is 0 Å². The lowest BCUT2D eigenvalue weighted by Gasteiger charge is -2.17. The zero-order valence-corrected chi connectivity index (χ0v) is 14.0. The first-order valence-electron chi connectivity index (χ1n) is 7.93. The van der Waals surface area contributed by atoms with Crippen LogP contribution in [0.1, 0.15) is 43.1 Å². The van der Waals surface area contributed by atoms with Crippen molar-refractivity contribution < 1.29 is 9.90 Å². The van der Waals surface area contributed by atoms with E-state index in [1.165, 1.54) is 0 Å². The number of aryl methyl sites for hydroxylation is 1. The van der Waals surface area contributed by atoms with E-state index < -0.39 is 5.60 Å². The van der Waals surface area contributed by atoms with Gasteiger partial charge in [0, 0.05) is 24.0 Å². The maximum atomic E-state index is 12.2. The molecule has 0 aliphatic carbocycles. The van der Waals surface area contributed by atoms with Gasteiger partial charge in [-0.3, -0.25) is 9.48 Å². The molecule has 1 amide bonds. The van der Waals surface area contributed by atoms with Gasteiger partial charge in [0.05, 0.1) is 12.1 Å². The van der Waals surface area contributed by atoms with E-state index in [1.54, 1.807) is 24.7 Å². The SMILES string of the molecule is C[C@H](Cn1cccn1)NC(=O)c1ccc(CCC(C)(C)O)cc1.